The molecule has 1 amide bonds. The van der Waals surface area contributed by atoms with Gasteiger partial charge < -0.3 is 20.5 Å². The van der Waals surface area contributed by atoms with Crippen molar-refractivity contribution in [3.8, 4) is 16.9 Å². The van der Waals surface area contributed by atoms with Gasteiger partial charge in [-0.15, -0.1) is 5.10 Å². The van der Waals surface area contributed by atoms with Gasteiger partial charge in [0, 0.05) is 29.3 Å². The molecule has 0 saturated carbocycles. The number of anilines is 3. The molecule has 3 aromatic carbocycles. The molecule has 0 bridgehead atoms. The molecule has 5 rings (SSSR count). The zero-order valence-electron chi connectivity index (χ0n) is 23.4. The summed E-state index contributed by atoms with van der Waals surface area (Å²) < 4.78 is 83.6. The lowest BCUT2D eigenvalue weighted by atomic mass is 9.98. The smallest absolute Gasteiger partial charge is 0.422 e. The van der Waals surface area contributed by atoms with Gasteiger partial charge in [-0.2, -0.15) is 18.2 Å². The molecule has 15 heteroatoms. The third-order valence-electron chi connectivity index (χ3n) is 6.61. The third kappa shape index (κ3) is 7.38. The van der Waals surface area contributed by atoms with Crippen LogP contribution in [0.25, 0.3) is 16.8 Å². The van der Waals surface area contributed by atoms with Gasteiger partial charge in [-0.05, 0) is 48.0 Å². The number of sulfone groups is 1. The van der Waals surface area contributed by atoms with E-state index in [1.807, 2.05) is 0 Å². The van der Waals surface area contributed by atoms with E-state index in [-0.39, 0.29) is 27.8 Å². The summed E-state index contributed by atoms with van der Waals surface area (Å²) in [5, 5.41) is 19.4. The van der Waals surface area contributed by atoms with E-state index in [0.717, 1.165) is 11.8 Å². The lowest BCUT2D eigenvalue weighted by molar-refractivity contribution is -0.153. The average molecular weight is 644 g/mol. The fourth-order valence-electron chi connectivity index (χ4n) is 4.50. The van der Waals surface area contributed by atoms with Crippen LogP contribution in [-0.4, -0.2) is 59.7 Å². The van der Waals surface area contributed by atoms with Gasteiger partial charge in [0.1, 0.15) is 17.3 Å². The van der Waals surface area contributed by atoms with E-state index >= 15 is 0 Å². The molecule has 2 aromatic heterocycles. The highest BCUT2D eigenvalue weighted by molar-refractivity contribution is 7.90. The van der Waals surface area contributed by atoms with Crippen molar-refractivity contribution in [1.29, 1.82) is 0 Å². The summed E-state index contributed by atoms with van der Waals surface area (Å²) in [7, 11) is -3.88. The van der Waals surface area contributed by atoms with Gasteiger partial charge in [-0.3, -0.25) is 4.79 Å². The van der Waals surface area contributed by atoms with Gasteiger partial charge in [-0.25, -0.2) is 17.3 Å². The van der Waals surface area contributed by atoms with Gasteiger partial charge in [0.25, 0.3) is 0 Å². The number of carbonyl (C=O) groups excluding carboxylic acids is 1. The van der Waals surface area contributed by atoms with Crippen LogP contribution in [0.3, 0.4) is 0 Å². The largest absolute Gasteiger partial charge is 0.482 e. The number of nitrogens with one attached hydrogen (secondary N) is 2. The van der Waals surface area contributed by atoms with Gasteiger partial charge in [0.05, 0.1) is 17.4 Å². The van der Waals surface area contributed by atoms with Crippen molar-refractivity contribution in [3.63, 3.8) is 0 Å². The fourth-order valence-corrected chi connectivity index (χ4v) is 5.35. The molecule has 45 heavy (non-hydrogen) atoms. The summed E-state index contributed by atoms with van der Waals surface area (Å²) in [6, 6.07) is 19.5. The van der Waals surface area contributed by atoms with Crippen molar-refractivity contribution in [2.24, 2.45) is 0 Å². The van der Waals surface area contributed by atoms with Crippen molar-refractivity contribution in [2.45, 2.75) is 17.0 Å². The molecule has 0 spiro atoms. The van der Waals surface area contributed by atoms with Crippen LogP contribution in [0.5, 0.6) is 5.75 Å². The number of aliphatic hydroxyl groups is 1. The molecule has 3 N–H and O–H groups in total. The molecule has 0 aliphatic carbocycles. The molecular formula is C30H25F4N5O5S. The molecule has 1 atom stereocenters. The number of alkyl halides is 3. The minimum Gasteiger partial charge on any atom is -0.482 e. The number of hydrogen-bond acceptors (Lipinski definition) is 8. The second-order valence-electron chi connectivity index (χ2n) is 9.91. The highest BCUT2D eigenvalue weighted by Crippen LogP contribution is 2.35. The Hall–Kier alpha value is -5.02. The van der Waals surface area contributed by atoms with E-state index in [1.54, 1.807) is 48.7 Å². The number of hydrogen-bond donors (Lipinski definition) is 3. The Morgan fingerprint density at radius 2 is 1.71 bits per heavy atom. The maximum atomic E-state index is 14.2. The van der Waals surface area contributed by atoms with E-state index in [9.17, 15) is 35.9 Å². The first-order valence-electron chi connectivity index (χ1n) is 13.2. The van der Waals surface area contributed by atoms with Crippen LogP contribution >= 0.6 is 0 Å². The highest BCUT2D eigenvalue weighted by Gasteiger charge is 2.30. The summed E-state index contributed by atoms with van der Waals surface area (Å²) in [6.07, 6.45) is -2.11. The fraction of sp³-hybridized carbons (Fsp3) is 0.167. The number of rotatable bonds is 10. The van der Waals surface area contributed by atoms with Crippen molar-refractivity contribution in [1.82, 2.24) is 14.6 Å². The zero-order chi connectivity index (χ0) is 32.4. The Bertz CT molecular complexity index is 1960. The van der Waals surface area contributed by atoms with Crippen LogP contribution in [0.2, 0.25) is 0 Å². The van der Waals surface area contributed by atoms with Crippen LogP contribution in [0, 0.1) is 5.82 Å². The second kappa shape index (κ2) is 12.5. The molecule has 234 valence electrons. The first-order valence-corrected chi connectivity index (χ1v) is 15.1. The van der Waals surface area contributed by atoms with E-state index in [4.69, 9.17) is 4.74 Å². The number of fused-ring (bicyclic) bond motifs is 1. The summed E-state index contributed by atoms with van der Waals surface area (Å²) in [6.45, 7) is -2.21. The molecule has 2 heterocycles. The summed E-state index contributed by atoms with van der Waals surface area (Å²) in [4.78, 5) is 16.7. The topological polar surface area (TPSA) is 135 Å². The average Bonchev–Trinajstić information content (AvgIpc) is 3.39. The van der Waals surface area contributed by atoms with Crippen molar-refractivity contribution >= 4 is 38.7 Å². The maximum absolute atomic E-state index is 14.2. The molecule has 10 nitrogen and oxygen atoms in total. The summed E-state index contributed by atoms with van der Waals surface area (Å²) in [5.41, 5.74) is 2.01. The third-order valence-corrected chi connectivity index (χ3v) is 7.75. The molecule has 0 aliphatic rings. The molecule has 0 saturated heterocycles. The SMILES string of the molecule is CS(=O)(=O)c1cccc(OCC(F)(F)F)c1Nc1nc2ccc(-c3ccc(NC(=O)C(CO)c4ccccc4F)cc3)cn2n1. The Kier molecular flexibility index (Phi) is 8.75. The maximum Gasteiger partial charge on any atom is 0.422 e. The van der Waals surface area contributed by atoms with Crippen LogP contribution in [0.15, 0.2) is 90.0 Å². The number of carbonyl (C=O) groups is 1. The van der Waals surface area contributed by atoms with Crippen molar-refractivity contribution in [2.75, 3.05) is 30.1 Å². The van der Waals surface area contributed by atoms with E-state index in [0.29, 0.717) is 16.9 Å². The summed E-state index contributed by atoms with van der Waals surface area (Å²) >= 11 is 0. The molecule has 1 unspecified atom stereocenters. The molecule has 0 fully saturated rings. The van der Waals surface area contributed by atoms with Crippen LogP contribution in [0.4, 0.5) is 34.9 Å². The zero-order valence-corrected chi connectivity index (χ0v) is 24.2. The minimum atomic E-state index is -4.65. The van der Waals surface area contributed by atoms with Gasteiger partial charge in [0.2, 0.25) is 11.9 Å². The molecule has 0 aliphatic heterocycles. The quantitative estimate of drug-likeness (QED) is 0.174. The predicted molar refractivity (Wildman–Crippen MR) is 158 cm³/mol. The van der Waals surface area contributed by atoms with Crippen LogP contribution in [0.1, 0.15) is 11.5 Å². The number of aromatic nitrogens is 3. The molecular weight excluding hydrogens is 618 g/mol. The number of nitrogens with zero attached hydrogens (tertiary/aromatic N) is 3. The molecule has 0 radical (unpaired) electrons. The minimum absolute atomic E-state index is 0.0778. The molecule has 5 aromatic rings. The second-order valence-corrected chi connectivity index (χ2v) is 11.9. The number of halogens is 4. The van der Waals surface area contributed by atoms with E-state index in [2.05, 4.69) is 20.7 Å². The van der Waals surface area contributed by atoms with Gasteiger partial charge in [0.15, 0.2) is 22.1 Å². The standard InChI is InChI=1S/C30H25F4N5O5S/c1-45(42,43)25-8-4-7-24(44-17-30(32,33)34)27(25)37-29-36-26-14-11-19(15-39(26)38-29)18-9-12-20(13-10-18)35-28(41)22(16-40)21-5-2-3-6-23(21)31/h2-15,22,40H,16-17H2,1H3,(H,35,41)(H,37,38). The Morgan fingerprint density at radius 1 is 1.00 bits per heavy atom. The van der Waals surface area contributed by atoms with Gasteiger partial charge in [-0.1, -0.05) is 36.4 Å². The lowest BCUT2D eigenvalue weighted by Crippen LogP contribution is -2.24. The first kappa shape index (κ1) is 31.4. The summed E-state index contributed by atoms with van der Waals surface area (Å²) in [5.74, 6) is -2.71. The number of aliphatic hydroxyl groups excluding tert-OH is 1. The van der Waals surface area contributed by atoms with Crippen LogP contribution in [-0.2, 0) is 14.6 Å². The van der Waals surface area contributed by atoms with Crippen molar-refractivity contribution < 1.29 is 40.6 Å². The number of para-hydroxylation sites is 1. The lowest BCUT2D eigenvalue weighted by Gasteiger charge is -2.15. The van der Waals surface area contributed by atoms with E-state index < -0.39 is 46.9 Å². The number of amides is 1. The Labute approximate surface area is 254 Å². The monoisotopic (exact) mass is 643 g/mol. The van der Waals surface area contributed by atoms with E-state index in [1.165, 1.54) is 40.9 Å². The Morgan fingerprint density at radius 3 is 2.38 bits per heavy atom. The van der Waals surface area contributed by atoms with Crippen LogP contribution < -0.4 is 15.4 Å². The number of benzene rings is 3. The van der Waals surface area contributed by atoms with Crippen molar-refractivity contribution in [3.05, 3.63) is 96.4 Å². The number of ether oxygens (including phenoxy) is 1. The predicted octanol–water partition coefficient (Wildman–Crippen LogP) is 5.34. The normalized spacial score (nSPS) is 12.6. The number of pyridine rings is 1. The van der Waals surface area contributed by atoms with Gasteiger partial charge >= 0.3 is 6.18 Å². The Balaban J connectivity index is 1.36. The highest BCUT2D eigenvalue weighted by atomic mass is 32.2. The first-order chi connectivity index (χ1) is 21.3.